The highest BCUT2D eigenvalue weighted by molar-refractivity contribution is 5.82. The quantitative estimate of drug-likeness (QED) is 0.757. The van der Waals surface area contributed by atoms with Gasteiger partial charge in [-0.2, -0.15) is 0 Å². The number of alkyl halides is 3. The molecule has 1 aliphatic heterocycles. The molecule has 2 rings (SSSR count). The number of carbonyl (C=O) groups excluding carboxylic acids is 1. The molecule has 1 N–H and O–H groups in total. The highest BCUT2D eigenvalue weighted by Gasteiger charge is 2.36. The third-order valence-corrected chi connectivity index (χ3v) is 4.92. The SMILES string of the molecule is CC[C@H]1CN(C)CC[C@H]1NC(=O)C(C)(C)COc1ncccc1OC(F)(F)F. The van der Waals surface area contributed by atoms with Crippen LogP contribution >= 0.6 is 0 Å². The van der Waals surface area contributed by atoms with Gasteiger partial charge in [-0.25, -0.2) is 4.98 Å². The first kappa shape index (κ1) is 22.3. The zero-order chi connectivity index (χ0) is 20.9. The van der Waals surface area contributed by atoms with Gasteiger partial charge >= 0.3 is 6.36 Å². The Morgan fingerprint density at radius 2 is 2.11 bits per heavy atom. The number of pyridine rings is 1. The molecule has 2 atom stereocenters. The predicted octanol–water partition coefficient (Wildman–Crippen LogP) is 3.23. The summed E-state index contributed by atoms with van der Waals surface area (Å²) in [6.45, 7) is 7.17. The average Bonchev–Trinajstić information content (AvgIpc) is 2.61. The van der Waals surface area contributed by atoms with Crippen molar-refractivity contribution in [1.29, 1.82) is 0 Å². The number of halogens is 3. The minimum absolute atomic E-state index is 0.0759. The third-order valence-electron chi connectivity index (χ3n) is 4.92. The van der Waals surface area contributed by atoms with E-state index in [0.717, 1.165) is 32.0 Å². The number of likely N-dealkylation sites (tertiary alicyclic amines) is 1. The number of rotatable bonds is 7. The van der Waals surface area contributed by atoms with E-state index in [9.17, 15) is 18.0 Å². The molecule has 1 amide bonds. The summed E-state index contributed by atoms with van der Waals surface area (Å²) < 4.78 is 46.9. The van der Waals surface area contributed by atoms with Crippen LogP contribution in [0.4, 0.5) is 13.2 Å². The molecule has 0 aromatic carbocycles. The monoisotopic (exact) mass is 403 g/mol. The predicted molar refractivity (Wildman–Crippen MR) is 98.0 cm³/mol. The number of hydrogen-bond acceptors (Lipinski definition) is 5. The summed E-state index contributed by atoms with van der Waals surface area (Å²) in [6, 6.07) is 2.51. The van der Waals surface area contributed by atoms with Crippen LogP contribution in [0.25, 0.3) is 0 Å². The van der Waals surface area contributed by atoms with Gasteiger partial charge in [0.1, 0.15) is 6.61 Å². The minimum Gasteiger partial charge on any atom is -0.474 e. The molecule has 2 heterocycles. The molecule has 28 heavy (non-hydrogen) atoms. The number of hydrogen-bond donors (Lipinski definition) is 1. The molecule has 0 bridgehead atoms. The fourth-order valence-corrected chi connectivity index (χ4v) is 3.18. The Morgan fingerprint density at radius 1 is 1.39 bits per heavy atom. The Morgan fingerprint density at radius 3 is 2.75 bits per heavy atom. The van der Waals surface area contributed by atoms with Crippen molar-refractivity contribution >= 4 is 5.91 Å². The van der Waals surface area contributed by atoms with E-state index >= 15 is 0 Å². The van der Waals surface area contributed by atoms with E-state index in [4.69, 9.17) is 4.74 Å². The lowest BCUT2D eigenvalue weighted by Gasteiger charge is -2.38. The minimum atomic E-state index is -4.85. The summed E-state index contributed by atoms with van der Waals surface area (Å²) in [5.74, 6) is -0.671. The van der Waals surface area contributed by atoms with E-state index < -0.39 is 17.5 Å². The smallest absolute Gasteiger partial charge is 0.474 e. The van der Waals surface area contributed by atoms with Crippen molar-refractivity contribution in [3.05, 3.63) is 18.3 Å². The van der Waals surface area contributed by atoms with Gasteiger partial charge < -0.3 is 19.7 Å². The van der Waals surface area contributed by atoms with Crippen molar-refractivity contribution in [1.82, 2.24) is 15.2 Å². The van der Waals surface area contributed by atoms with Crippen LogP contribution in [0, 0.1) is 11.3 Å². The molecule has 1 saturated heterocycles. The Labute approximate surface area is 163 Å². The fraction of sp³-hybridized carbons (Fsp3) is 0.684. The lowest BCUT2D eigenvalue weighted by Crippen LogP contribution is -2.53. The van der Waals surface area contributed by atoms with E-state index in [-0.39, 0.29) is 24.4 Å². The van der Waals surface area contributed by atoms with E-state index in [0.29, 0.717) is 5.92 Å². The number of carbonyl (C=O) groups is 1. The molecule has 0 aliphatic carbocycles. The van der Waals surface area contributed by atoms with Gasteiger partial charge in [0.15, 0.2) is 5.75 Å². The van der Waals surface area contributed by atoms with Crippen molar-refractivity contribution < 1.29 is 27.4 Å². The fourth-order valence-electron chi connectivity index (χ4n) is 3.18. The average molecular weight is 403 g/mol. The van der Waals surface area contributed by atoms with Crippen LogP contribution in [0.3, 0.4) is 0 Å². The summed E-state index contributed by atoms with van der Waals surface area (Å²) in [7, 11) is 2.06. The van der Waals surface area contributed by atoms with Gasteiger partial charge in [0.2, 0.25) is 5.91 Å². The summed E-state index contributed by atoms with van der Waals surface area (Å²) in [6.07, 6.45) is -1.73. The highest BCUT2D eigenvalue weighted by Crippen LogP contribution is 2.31. The number of nitrogens with one attached hydrogen (secondary N) is 1. The van der Waals surface area contributed by atoms with E-state index in [2.05, 4.69) is 33.9 Å². The van der Waals surface area contributed by atoms with Crippen LogP contribution in [-0.4, -0.2) is 54.9 Å². The summed E-state index contributed by atoms with van der Waals surface area (Å²) in [5.41, 5.74) is -0.950. The lowest BCUT2D eigenvalue weighted by molar-refractivity contribution is -0.275. The van der Waals surface area contributed by atoms with E-state index in [1.54, 1.807) is 13.8 Å². The molecular weight excluding hydrogens is 375 g/mol. The van der Waals surface area contributed by atoms with Gasteiger partial charge in [-0.1, -0.05) is 13.3 Å². The zero-order valence-electron chi connectivity index (χ0n) is 16.7. The van der Waals surface area contributed by atoms with Crippen LogP contribution in [0.1, 0.15) is 33.6 Å². The largest absolute Gasteiger partial charge is 0.573 e. The highest BCUT2D eigenvalue weighted by atomic mass is 19.4. The number of piperidine rings is 1. The molecule has 1 fully saturated rings. The van der Waals surface area contributed by atoms with Crippen molar-refractivity contribution in [3.63, 3.8) is 0 Å². The lowest BCUT2D eigenvalue weighted by atomic mass is 9.87. The van der Waals surface area contributed by atoms with E-state index in [1.165, 1.54) is 12.3 Å². The van der Waals surface area contributed by atoms with Gasteiger partial charge in [0, 0.05) is 18.8 Å². The Hall–Kier alpha value is -2.03. The molecule has 6 nitrogen and oxygen atoms in total. The first-order valence-corrected chi connectivity index (χ1v) is 9.35. The van der Waals surface area contributed by atoms with Crippen LogP contribution in [0.2, 0.25) is 0 Å². The summed E-state index contributed by atoms with van der Waals surface area (Å²) in [4.78, 5) is 18.8. The number of aromatic nitrogens is 1. The topological polar surface area (TPSA) is 63.7 Å². The maximum atomic E-state index is 12.8. The van der Waals surface area contributed by atoms with E-state index in [1.807, 2.05) is 0 Å². The molecule has 9 heteroatoms. The van der Waals surface area contributed by atoms with Gasteiger partial charge in [0.25, 0.3) is 5.88 Å². The van der Waals surface area contributed by atoms with Gasteiger partial charge in [0.05, 0.1) is 5.41 Å². The Bertz CT molecular complexity index is 667. The molecule has 0 radical (unpaired) electrons. The first-order chi connectivity index (χ1) is 13.0. The molecular formula is C19H28F3N3O3. The van der Waals surface area contributed by atoms with Crippen molar-refractivity contribution in [2.24, 2.45) is 11.3 Å². The molecule has 1 aromatic heterocycles. The maximum Gasteiger partial charge on any atom is 0.573 e. The summed E-state index contributed by atoms with van der Waals surface area (Å²) in [5, 5.41) is 3.09. The molecule has 0 unspecified atom stereocenters. The van der Waals surface area contributed by atoms with Crippen LogP contribution in [-0.2, 0) is 4.79 Å². The third kappa shape index (κ3) is 6.25. The summed E-state index contributed by atoms with van der Waals surface area (Å²) >= 11 is 0. The second-order valence-corrected chi connectivity index (χ2v) is 7.83. The van der Waals surface area contributed by atoms with Crippen LogP contribution in [0.5, 0.6) is 11.6 Å². The second-order valence-electron chi connectivity index (χ2n) is 7.83. The van der Waals surface area contributed by atoms with Crippen LogP contribution in [0.15, 0.2) is 18.3 Å². The number of amides is 1. The van der Waals surface area contributed by atoms with Gasteiger partial charge in [-0.05, 0) is 51.9 Å². The number of nitrogens with zero attached hydrogens (tertiary/aromatic N) is 2. The Kier molecular flexibility index (Phi) is 7.14. The Balaban J connectivity index is 1.99. The van der Waals surface area contributed by atoms with Crippen molar-refractivity contribution in [2.45, 2.75) is 46.0 Å². The molecule has 0 saturated carbocycles. The number of ether oxygens (including phenoxy) is 2. The van der Waals surface area contributed by atoms with Gasteiger partial charge in [-0.15, -0.1) is 13.2 Å². The second kappa shape index (κ2) is 8.98. The molecule has 1 aromatic rings. The zero-order valence-corrected chi connectivity index (χ0v) is 16.7. The maximum absolute atomic E-state index is 12.8. The van der Waals surface area contributed by atoms with Crippen LogP contribution < -0.4 is 14.8 Å². The molecule has 1 aliphatic rings. The van der Waals surface area contributed by atoms with Crippen molar-refractivity contribution in [3.8, 4) is 11.6 Å². The first-order valence-electron chi connectivity index (χ1n) is 9.35. The van der Waals surface area contributed by atoms with Gasteiger partial charge in [-0.3, -0.25) is 4.79 Å². The molecule has 158 valence electrons. The molecule has 0 spiro atoms. The van der Waals surface area contributed by atoms with Crippen molar-refractivity contribution in [2.75, 3.05) is 26.7 Å². The standard InChI is InChI=1S/C19H28F3N3O3/c1-5-13-11-25(4)10-8-14(13)24-17(26)18(2,3)12-27-16-15(7-6-9-23-16)28-19(20,21)22/h6-7,9,13-14H,5,8,10-12H2,1-4H3,(H,24,26)/t13-,14+/m0/s1. The normalized spacial score (nSPS) is 21.2.